The van der Waals surface area contributed by atoms with E-state index < -0.39 is 29.8 Å². The first kappa shape index (κ1) is 61.4. The standard InChI is InChI=1S/C15H19N3O2.C14H17N3O2.C11H11N3O2.C8H10N2O.C6H11NO3/c1-3-4-10-20-15(19)14-16-13(18(2)17-14)11-12-8-6-5-7-9-12;1-2-3-9-19-14(18)13-15-12(16-17-13)10-11-7-5-4-6-8-11;1-14-9(12-10(13-14)11(15)16)7-8-5-3-2-4-6-8;9-10-8(11)6-7-4-2-1-3-5-7;1-3-9-5(7)6(8)10-4-2/h5-9H,3-4,10-11H2,1-2H3;4-8H,2-3,9-10H2,1H3,(H,15,16,17);2-6H,7H2,1H3,(H,15,16);1-5H,6,9H2,(H,10,11);7H,3-4H2,1-2H3. The van der Waals surface area contributed by atoms with Gasteiger partial charge in [0.1, 0.15) is 17.5 Å². The van der Waals surface area contributed by atoms with Crippen molar-refractivity contribution in [3.05, 3.63) is 179 Å². The Labute approximate surface area is 441 Å². The van der Waals surface area contributed by atoms with Gasteiger partial charge in [-0.25, -0.2) is 40.0 Å². The maximum absolute atomic E-state index is 11.8. The molecule has 1 amide bonds. The molecule has 0 spiro atoms. The Balaban J connectivity index is 0.000000256. The summed E-state index contributed by atoms with van der Waals surface area (Å²) >= 11 is 0. The summed E-state index contributed by atoms with van der Waals surface area (Å²) in [4.78, 5) is 67.7. The molecule has 0 saturated heterocycles. The Kier molecular flexibility index (Phi) is 28.5. The summed E-state index contributed by atoms with van der Waals surface area (Å²) in [6, 6.07) is 39.0. The molecule has 0 saturated carbocycles. The van der Waals surface area contributed by atoms with Gasteiger partial charge in [-0.1, -0.05) is 148 Å². The third-order valence-electron chi connectivity index (χ3n) is 10.00. The van der Waals surface area contributed by atoms with Crippen molar-refractivity contribution in [1.82, 2.24) is 50.1 Å². The first-order chi connectivity index (χ1) is 36.7. The van der Waals surface area contributed by atoms with E-state index in [0.717, 1.165) is 53.8 Å². The van der Waals surface area contributed by atoms with Gasteiger partial charge in [0.25, 0.3) is 23.4 Å². The summed E-state index contributed by atoms with van der Waals surface area (Å²) in [6.45, 7) is 8.89. The summed E-state index contributed by atoms with van der Waals surface area (Å²) in [7, 11) is 3.48. The third kappa shape index (κ3) is 23.7. The van der Waals surface area contributed by atoms with Crippen LogP contribution in [-0.4, -0.2) is 112 Å². The molecule has 6 N–H and O–H groups in total. The predicted octanol–water partition coefficient (Wildman–Crippen LogP) is 6.60. The highest BCUT2D eigenvalue weighted by molar-refractivity contribution is 6.31. The van der Waals surface area contributed by atoms with Gasteiger partial charge in [0, 0.05) is 33.4 Å². The van der Waals surface area contributed by atoms with Crippen LogP contribution < -0.4 is 11.3 Å². The van der Waals surface area contributed by atoms with Gasteiger partial charge in [-0.15, -0.1) is 15.3 Å². The van der Waals surface area contributed by atoms with Crippen molar-refractivity contribution in [3.63, 3.8) is 0 Å². The molecule has 22 nitrogen and oxygen atoms in total. The SMILES string of the molecule is CCCCOC(=O)c1n[nH]c(Cc2ccccc2)n1.CCCCOC(=O)c1nc(Cc2ccccc2)n(C)n1.CCOC(=N)C(=O)OCC.Cn1nc(C(=O)O)nc1Cc1ccccc1.NNC(=O)Cc1ccccc1. The van der Waals surface area contributed by atoms with E-state index in [4.69, 9.17) is 25.8 Å². The number of ether oxygens (including phenoxy) is 4. The zero-order chi connectivity index (χ0) is 55.5. The van der Waals surface area contributed by atoms with E-state index in [1.54, 1.807) is 32.6 Å². The summed E-state index contributed by atoms with van der Waals surface area (Å²) in [5, 5.41) is 30.2. The Morgan fingerprint density at radius 2 is 1.00 bits per heavy atom. The number of esters is 3. The number of aromatic carboxylic acids is 1. The number of aromatic amines is 1. The fraction of sp³-hybridized carbons (Fsp3) is 0.333. The molecule has 76 heavy (non-hydrogen) atoms. The van der Waals surface area contributed by atoms with Crippen LogP contribution in [0.15, 0.2) is 121 Å². The van der Waals surface area contributed by atoms with Gasteiger partial charge in [0.2, 0.25) is 5.91 Å². The Hall–Kier alpha value is -8.92. The molecular formula is C54H68N12O10. The number of H-pyrrole nitrogens is 1. The maximum Gasteiger partial charge on any atom is 0.393 e. The topological polar surface area (TPSA) is 307 Å². The van der Waals surface area contributed by atoms with Crippen LogP contribution in [0, 0.1) is 5.41 Å². The molecule has 22 heteroatoms. The highest BCUT2D eigenvalue weighted by Crippen LogP contribution is 2.10. The summed E-state index contributed by atoms with van der Waals surface area (Å²) < 4.78 is 22.3. The van der Waals surface area contributed by atoms with Gasteiger partial charge in [-0.2, -0.15) is 0 Å². The van der Waals surface area contributed by atoms with Crippen molar-refractivity contribution in [2.45, 2.75) is 79.1 Å². The number of hydrogen-bond donors (Lipinski definition) is 5. The average molecular weight is 1050 g/mol. The molecular weight excluding hydrogens is 977 g/mol. The van der Waals surface area contributed by atoms with E-state index in [1.165, 1.54) is 4.68 Å². The summed E-state index contributed by atoms with van der Waals surface area (Å²) in [5.74, 6) is 3.72. The number of aromatic nitrogens is 9. The first-order valence-electron chi connectivity index (χ1n) is 24.5. The normalized spacial score (nSPS) is 9.99. The number of amides is 1. The number of benzene rings is 4. The van der Waals surface area contributed by atoms with E-state index in [-0.39, 0.29) is 30.0 Å². The molecule has 404 valence electrons. The van der Waals surface area contributed by atoms with E-state index >= 15 is 0 Å². The number of rotatable bonds is 19. The number of carbonyl (C=O) groups is 5. The summed E-state index contributed by atoms with van der Waals surface area (Å²) in [5.41, 5.74) is 6.37. The van der Waals surface area contributed by atoms with Crippen LogP contribution in [0.2, 0.25) is 0 Å². The number of hydrazine groups is 1. The molecule has 0 unspecified atom stereocenters. The minimum Gasteiger partial charge on any atom is -0.475 e. The van der Waals surface area contributed by atoms with Crippen molar-refractivity contribution < 1.29 is 48.0 Å². The molecule has 0 bridgehead atoms. The molecule has 0 aliphatic carbocycles. The lowest BCUT2D eigenvalue weighted by Crippen LogP contribution is -2.31. The number of carbonyl (C=O) groups excluding carboxylic acids is 4. The van der Waals surface area contributed by atoms with Gasteiger partial charge in [0.15, 0.2) is 0 Å². The zero-order valence-electron chi connectivity index (χ0n) is 43.8. The third-order valence-corrected chi connectivity index (χ3v) is 10.00. The second-order valence-corrected chi connectivity index (χ2v) is 16.0. The fourth-order valence-electron chi connectivity index (χ4n) is 6.11. The average Bonchev–Trinajstić information content (AvgIpc) is 4.16. The number of nitrogens with two attached hydrogens (primary N) is 1. The van der Waals surface area contributed by atoms with E-state index in [2.05, 4.69) is 50.2 Å². The number of hydrogen-bond acceptors (Lipinski definition) is 17. The van der Waals surface area contributed by atoms with Crippen molar-refractivity contribution in [2.24, 2.45) is 19.9 Å². The molecule has 7 aromatic rings. The number of nitrogens with zero attached hydrogens (tertiary/aromatic N) is 8. The van der Waals surface area contributed by atoms with Crippen molar-refractivity contribution in [3.8, 4) is 0 Å². The molecule has 0 radical (unpaired) electrons. The van der Waals surface area contributed by atoms with Crippen LogP contribution in [0.1, 0.15) is 125 Å². The highest BCUT2D eigenvalue weighted by Gasteiger charge is 2.17. The minimum absolute atomic E-state index is 0.0991. The van der Waals surface area contributed by atoms with E-state index in [9.17, 15) is 24.0 Å². The van der Waals surface area contributed by atoms with Gasteiger partial charge < -0.3 is 24.1 Å². The van der Waals surface area contributed by atoms with Gasteiger partial charge in [-0.3, -0.25) is 30.1 Å². The van der Waals surface area contributed by atoms with Crippen LogP contribution in [0.25, 0.3) is 0 Å². The fourth-order valence-corrected chi connectivity index (χ4v) is 6.11. The smallest absolute Gasteiger partial charge is 0.393 e. The number of unbranched alkanes of at least 4 members (excludes halogenated alkanes) is 2. The Bertz CT molecular complexity index is 2790. The molecule has 0 atom stereocenters. The number of carboxylic acid groups (broad SMARTS) is 1. The lowest BCUT2D eigenvalue weighted by atomic mass is 10.1. The molecule has 4 aromatic carbocycles. The van der Waals surface area contributed by atoms with Crippen molar-refractivity contribution in [1.29, 1.82) is 5.41 Å². The quantitative estimate of drug-likeness (QED) is 0.00832. The first-order valence-corrected chi connectivity index (χ1v) is 24.5. The summed E-state index contributed by atoms with van der Waals surface area (Å²) in [6.07, 6.45) is 5.88. The molecule has 3 aromatic heterocycles. The van der Waals surface area contributed by atoms with Crippen LogP contribution in [-0.2, 0) is 68.3 Å². The Morgan fingerprint density at radius 3 is 1.42 bits per heavy atom. The molecule has 0 aliphatic heterocycles. The van der Waals surface area contributed by atoms with E-state index in [1.807, 2.05) is 135 Å². The predicted molar refractivity (Wildman–Crippen MR) is 282 cm³/mol. The maximum atomic E-state index is 11.8. The van der Waals surface area contributed by atoms with Crippen LogP contribution in [0.3, 0.4) is 0 Å². The van der Waals surface area contributed by atoms with Gasteiger partial charge in [0.05, 0.1) is 32.8 Å². The van der Waals surface area contributed by atoms with Crippen LogP contribution in [0.5, 0.6) is 0 Å². The molecule has 3 heterocycles. The molecule has 0 aliphatic rings. The van der Waals surface area contributed by atoms with E-state index in [0.29, 0.717) is 57.2 Å². The van der Waals surface area contributed by atoms with Crippen molar-refractivity contribution >= 4 is 35.7 Å². The number of aryl methyl sites for hydroxylation is 2. The number of nitrogens with one attached hydrogen (secondary N) is 3. The van der Waals surface area contributed by atoms with Gasteiger partial charge >= 0.3 is 23.9 Å². The lowest BCUT2D eigenvalue weighted by molar-refractivity contribution is -0.136. The van der Waals surface area contributed by atoms with Crippen LogP contribution in [0.4, 0.5) is 0 Å². The van der Waals surface area contributed by atoms with Crippen LogP contribution >= 0.6 is 0 Å². The molecule has 7 rings (SSSR count). The van der Waals surface area contributed by atoms with Crippen molar-refractivity contribution in [2.75, 3.05) is 26.4 Å². The second-order valence-electron chi connectivity index (χ2n) is 16.0. The Morgan fingerprint density at radius 1 is 0.579 bits per heavy atom. The minimum atomic E-state index is -1.10. The second kappa shape index (κ2) is 35.3. The van der Waals surface area contributed by atoms with Gasteiger partial charge in [-0.05, 0) is 48.9 Å². The zero-order valence-corrected chi connectivity index (χ0v) is 43.8. The largest absolute Gasteiger partial charge is 0.475 e. The monoisotopic (exact) mass is 1040 g/mol. The highest BCUT2D eigenvalue weighted by atomic mass is 16.6. The molecule has 0 fully saturated rings. The lowest BCUT2D eigenvalue weighted by Gasteiger charge is -2.02. The number of carboxylic acids is 1.